The number of benzene rings is 1. The fourth-order valence-electron chi connectivity index (χ4n) is 1.39. The first-order valence-corrected chi connectivity index (χ1v) is 4.90. The number of aliphatic hydroxyl groups excluding tert-OH is 1. The monoisotopic (exact) mass is 208 g/mol. The van der Waals surface area contributed by atoms with Crippen molar-refractivity contribution >= 4 is 5.84 Å². The van der Waals surface area contributed by atoms with Crippen molar-refractivity contribution in [3.63, 3.8) is 0 Å². The first kappa shape index (κ1) is 11.5. The molecule has 0 saturated heterocycles. The second kappa shape index (κ2) is 5.36. The van der Waals surface area contributed by atoms with Gasteiger partial charge >= 0.3 is 0 Å². The molecular weight excluding hydrogens is 192 g/mol. The Bertz CT molecular complexity index is 350. The first-order valence-electron chi connectivity index (χ1n) is 4.90. The minimum absolute atomic E-state index is 0.0155. The molecule has 0 heterocycles. The molecule has 0 aliphatic rings. The molecule has 0 atom stereocenters. The highest BCUT2D eigenvalue weighted by Gasteiger charge is 2.10. The topological polar surface area (TPSA) is 79.3 Å². The maximum absolute atomic E-state index is 8.71. The highest BCUT2D eigenvalue weighted by Crippen LogP contribution is 2.24. The van der Waals surface area contributed by atoms with Crippen molar-refractivity contribution in [3.8, 4) is 5.75 Å². The third-order valence-electron chi connectivity index (χ3n) is 2.11. The number of hydrogen-bond donors (Lipinski definition) is 3. The molecule has 0 bridgehead atoms. The Balaban J connectivity index is 3.08. The third kappa shape index (κ3) is 2.70. The SMILES string of the molecule is CCc1cccc(C(=N)N)c1OCCO. The number of ether oxygens (including phenoxy) is 1. The van der Waals surface area contributed by atoms with Gasteiger partial charge in [-0.1, -0.05) is 19.1 Å². The molecule has 0 aromatic heterocycles. The molecule has 0 amide bonds. The summed E-state index contributed by atoms with van der Waals surface area (Å²) in [6.45, 7) is 2.18. The van der Waals surface area contributed by atoms with Gasteiger partial charge in [-0.3, -0.25) is 5.41 Å². The zero-order valence-electron chi connectivity index (χ0n) is 8.79. The van der Waals surface area contributed by atoms with E-state index < -0.39 is 0 Å². The predicted octanol–water partition coefficient (Wildman–Crippen LogP) is 0.904. The number of hydrogen-bond acceptors (Lipinski definition) is 3. The van der Waals surface area contributed by atoms with Crippen molar-refractivity contribution in [1.29, 1.82) is 5.41 Å². The number of aryl methyl sites for hydroxylation is 1. The molecule has 0 aliphatic heterocycles. The quantitative estimate of drug-likeness (QED) is 0.497. The number of aliphatic hydroxyl groups is 1. The Morgan fingerprint density at radius 3 is 2.80 bits per heavy atom. The maximum atomic E-state index is 8.71. The van der Waals surface area contributed by atoms with Crippen LogP contribution in [0.3, 0.4) is 0 Å². The van der Waals surface area contributed by atoms with E-state index in [-0.39, 0.29) is 19.0 Å². The predicted molar refractivity (Wildman–Crippen MR) is 59.4 cm³/mol. The molecule has 15 heavy (non-hydrogen) atoms. The van der Waals surface area contributed by atoms with Crippen LogP contribution in [0.5, 0.6) is 5.75 Å². The van der Waals surface area contributed by atoms with Crippen LogP contribution in [-0.2, 0) is 6.42 Å². The second-order valence-electron chi connectivity index (χ2n) is 3.13. The number of nitrogens with two attached hydrogens (primary N) is 1. The van der Waals surface area contributed by atoms with Crippen LogP contribution in [0.4, 0.5) is 0 Å². The number of rotatable bonds is 5. The highest BCUT2D eigenvalue weighted by molar-refractivity contribution is 5.98. The van der Waals surface area contributed by atoms with E-state index >= 15 is 0 Å². The molecule has 4 nitrogen and oxygen atoms in total. The zero-order valence-corrected chi connectivity index (χ0v) is 8.79. The van der Waals surface area contributed by atoms with E-state index in [1.165, 1.54) is 0 Å². The minimum atomic E-state index is -0.0462. The molecule has 0 unspecified atom stereocenters. The summed E-state index contributed by atoms with van der Waals surface area (Å²) in [6, 6.07) is 5.52. The number of amidine groups is 1. The molecule has 0 aliphatic carbocycles. The normalized spacial score (nSPS) is 10.0. The minimum Gasteiger partial charge on any atom is -0.490 e. The molecule has 0 radical (unpaired) electrons. The largest absolute Gasteiger partial charge is 0.490 e. The van der Waals surface area contributed by atoms with Gasteiger partial charge in [-0.05, 0) is 18.1 Å². The van der Waals surface area contributed by atoms with Crippen molar-refractivity contribution < 1.29 is 9.84 Å². The Morgan fingerprint density at radius 2 is 2.27 bits per heavy atom. The molecule has 1 aromatic rings. The standard InChI is InChI=1S/C11H16N2O2/c1-2-8-4-3-5-9(11(12)13)10(8)15-7-6-14/h3-5,14H,2,6-7H2,1H3,(H3,12,13). The molecule has 0 spiro atoms. The zero-order chi connectivity index (χ0) is 11.3. The van der Waals surface area contributed by atoms with E-state index in [0.29, 0.717) is 11.3 Å². The fraction of sp³-hybridized carbons (Fsp3) is 0.364. The average Bonchev–Trinajstić information content (AvgIpc) is 2.25. The van der Waals surface area contributed by atoms with Gasteiger partial charge in [0.15, 0.2) is 0 Å². The van der Waals surface area contributed by atoms with E-state index in [2.05, 4.69) is 0 Å². The summed E-state index contributed by atoms with van der Waals surface area (Å²) in [5.74, 6) is 0.597. The molecular formula is C11H16N2O2. The van der Waals surface area contributed by atoms with Crippen LogP contribution in [0.25, 0.3) is 0 Å². The fourth-order valence-corrected chi connectivity index (χ4v) is 1.39. The van der Waals surface area contributed by atoms with Gasteiger partial charge in [0.05, 0.1) is 12.2 Å². The van der Waals surface area contributed by atoms with Crippen LogP contribution in [0.2, 0.25) is 0 Å². The lowest BCUT2D eigenvalue weighted by Crippen LogP contribution is -2.15. The summed E-state index contributed by atoms with van der Waals surface area (Å²) >= 11 is 0. The van der Waals surface area contributed by atoms with Gasteiger partial charge in [0.1, 0.15) is 18.2 Å². The van der Waals surface area contributed by atoms with Crippen LogP contribution in [-0.4, -0.2) is 24.2 Å². The van der Waals surface area contributed by atoms with Crippen LogP contribution < -0.4 is 10.5 Å². The Hall–Kier alpha value is -1.55. The van der Waals surface area contributed by atoms with Crippen molar-refractivity contribution in [3.05, 3.63) is 29.3 Å². The molecule has 82 valence electrons. The van der Waals surface area contributed by atoms with E-state index in [1.54, 1.807) is 6.07 Å². The summed E-state index contributed by atoms with van der Waals surface area (Å²) in [5.41, 5.74) is 7.03. The van der Waals surface area contributed by atoms with Crippen LogP contribution in [0.15, 0.2) is 18.2 Å². The van der Waals surface area contributed by atoms with Crippen LogP contribution in [0.1, 0.15) is 18.1 Å². The summed E-state index contributed by atoms with van der Waals surface area (Å²) in [5, 5.41) is 16.1. The lowest BCUT2D eigenvalue weighted by molar-refractivity contribution is 0.200. The van der Waals surface area contributed by atoms with Crippen molar-refractivity contribution in [2.24, 2.45) is 5.73 Å². The molecule has 4 heteroatoms. The van der Waals surface area contributed by atoms with Gasteiger partial charge in [0.2, 0.25) is 0 Å². The molecule has 0 saturated carbocycles. The third-order valence-corrected chi connectivity index (χ3v) is 2.11. The summed E-state index contributed by atoms with van der Waals surface area (Å²) in [6.07, 6.45) is 0.807. The van der Waals surface area contributed by atoms with Crippen molar-refractivity contribution in [1.82, 2.24) is 0 Å². The average molecular weight is 208 g/mol. The Labute approximate surface area is 89.2 Å². The first-order chi connectivity index (χ1) is 7.20. The number of nitrogens with one attached hydrogen (secondary N) is 1. The van der Waals surface area contributed by atoms with Gasteiger partial charge in [-0.25, -0.2) is 0 Å². The van der Waals surface area contributed by atoms with Gasteiger partial charge < -0.3 is 15.6 Å². The second-order valence-corrected chi connectivity index (χ2v) is 3.13. The van der Waals surface area contributed by atoms with Crippen LogP contribution in [0, 0.1) is 5.41 Å². The van der Waals surface area contributed by atoms with Gasteiger partial charge in [-0.15, -0.1) is 0 Å². The molecule has 4 N–H and O–H groups in total. The Kier molecular flexibility index (Phi) is 4.12. The number of para-hydroxylation sites is 1. The molecule has 1 aromatic carbocycles. The molecule has 0 fully saturated rings. The Morgan fingerprint density at radius 1 is 1.53 bits per heavy atom. The maximum Gasteiger partial charge on any atom is 0.133 e. The summed E-state index contributed by atoms with van der Waals surface area (Å²) in [4.78, 5) is 0. The van der Waals surface area contributed by atoms with E-state index in [4.69, 9.17) is 21.0 Å². The van der Waals surface area contributed by atoms with E-state index in [1.807, 2.05) is 19.1 Å². The highest BCUT2D eigenvalue weighted by atomic mass is 16.5. The lowest BCUT2D eigenvalue weighted by atomic mass is 10.1. The van der Waals surface area contributed by atoms with Crippen molar-refractivity contribution in [2.45, 2.75) is 13.3 Å². The van der Waals surface area contributed by atoms with Gasteiger partial charge in [-0.2, -0.15) is 0 Å². The van der Waals surface area contributed by atoms with E-state index in [9.17, 15) is 0 Å². The molecule has 1 rings (SSSR count). The van der Waals surface area contributed by atoms with Gasteiger partial charge in [0.25, 0.3) is 0 Å². The number of nitrogen functional groups attached to an aromatic ring is 1. The summed E-state index contributed by atoms with van der Waals surface area (Å²) < 4.78 is 5.40. The summed E-state index contributed by atoms with van der Waals surface area (Å²) in [7, 11) is 0. The van der Waals surface area contributed by atoms with Gasteiger partial charge in [0, 0.05) is 0 Å². The van der Waals surface area contributed by atoms with E-state index in [0.717, 1.165) is 12.0 Å². The smallest absolute Gasteiger partial charge is 0.133 e. The van der Waals surface area contributed by atoms with Crippen LogP contribution >= 0.6 is 0 Å². The van der Waals surface area contributed by atoms with Crippen molar-refractivity contribution in [2.75, 3.05) is 13.2 Å². The lowest BCUT2D eigenvalue weighted by Gasteiger charge is -2.13.